The van der Waals surface area contributed by atoms with Gasteiger partial charge in [-0.15, -0.1) is 0 Å². The van der Waals surface area contributed by atoms with Gasteiger partial charge in [0, 0.05) is 62.4 Å². The number of carbonyl (C=O) groups excluding carboxylic acids is 2. The molecule has 16 heteroatoms. The van der Waals surface area contributed by atoms with Crippen LogP contribution in [0.15, 0.2) is 30.3 Å². The van der Waals surface area contributed by atoms with Gasteiger partial charge < -0.3 is 20.9 Å². The van der Waals surface area contributed by atoms with Crippen LogP contribution in [-0.2, 0) is 21.2 Å². The number of piperazine rings is 1. The molecule has 2 aromatic rings. The number of hydrogen-bond acceptors (Lipinski definition) is 7. The molecule has 0 aliphatic carbocycles. The van der Waals surface area contributed by atoms with Crippen LogP contribution in [0.25, 0.3) is 0 Å². The molecule has 2 atom stereocenters. The van der Waals surface area contributed by atoms with E-state index in [4.69, 9.17) is 11.6 Å². The van der Waals surface area contributed by atoms with E-state index in [0.717, 1.165) is 12.1 Å². The number of amides is 2. The highest BCUT2D eigenvalue weighted by molar-refractivity contribution is 7.92. The third-order valence-corrected chi connectivity index (χ3v) is 9.73. The van der Waals surface area contributed by atoms with Crippen molar-refractivity contribution >= 4 is 44.6 Å². The normalized spacial score (nSPS) is 21.0. The predicted octanol–water partition coefficient (Wildman–Crippen LogP) is 3.34. The van der Waals surface area contributed by atoms with Gasteiger partial charge in [-0.2, -0.15) is 13.2 Å². The highest BCUT2D eigenvalue weighted by Crippen LogP contribution is 2.32. The Labute approximate surface area is 250 Å². The minimum atomic E-state index is -4.27. The first-order chi connectivity index (χ1) is 20.2. The van der Waals surface area contributed by atoms with Gasteiger partial charge in [0.25, 0.3) is 5.91 Å². The van der Waals surface area contributed by atoms with Crippen molar-refractivity contribution in [1.82, 2.24) is 15.5 Å². The van der Waals surface area contributed by atoms with E-state index >= 15 is 4.39 Å². The number of nitrogens with zero attached hydrogens (tertiary/aromatic N) is 2. The predicted molar refractivity (Wildman–Crippen MR) is 152 cm³/mol. The fourth-order valence-corrected chi connectivity index (χ4v) is 6.71. The first kappa shape index (κ1) is 32.9. The molecular formula is C27H31ClF5N5O4S. The lowest BCUT2D eigenvalue weighted by Gasteiger charge is -2.41. The van der Waals surface area contributed by atoms with Crippen LogP contribution in [0.5, 0.6) is 0 Å². The van der Waals surface area contributed by atoms with E-state index in [1.54, 1.807) is 17.9 Å². The second-order valence-electron chi connectivity index (χ2n) is 10.5. The third kappa shape index (κ3) is 8.13. The Bertz CT molecular complexity index is 1480. The summed E-state index contributed by atoms with van der Waals surface area (Å²) in [5.41, 5.74) is -0.190. The first-order valence-electron chi connectivity index (χ1n) is 13.5. The quantitative estimate of drug-likeness (QED) is 0.376. The molecular weight excluding hydrogens is 621 g/mol. The molecule has 2 amide bonds. The van der Waals surface area contributed by atoms with Crippen molar-refractivity contribution in [3.05, 3.63) is 58.1 Å². The van der Waals surface area contributed by atoms with Crippen molar-refractivity contribution < 1.29 is 40.0 Å². The van der Waals surface area contributed by atoms with Gasteiger partial charge in [0.05, 0.1) is 29.1 Å². The molecule has 9 nitrogen and oxygen atoms in total. The Morgan fingerprint density at radius 1 is 1.12 bits per heavy atom. The minimum absolute atomic E-state index is 0.0938. The van der Waals surface area contributed by atoms with Gasteiger partial charge in [0.1, 0.15) is 0 Å². The molecule has 2 aromatic carbocycles. The van der Waals surface area contributed by atoms with Gasteiger partial charge >= 0.3 is 6.18 Å². The van der Waals surface area contributed by atoms with Crippen LogP contribution >= 0.6 is 11.6 Å². The molecule has 1 unspecified atom stereocenters. The number of sulfone groups is 1. The van der Waals surface area contributed by atoms with Crippen molar-refractivity contribution in [1.29, 1.82) is 0 Å². The average Bonchev–Trinajstić information content (AvgIpc) is 2.93. The molecule has 0 bridgehead atoms. The van der Waals surface area contributed by atoms with E-state index in [9.17, 15) is 35.6 Å². The largest absolute Gasteiger partial charge is 0.390 e. The summed E-state index contributed by atoms with van der Waals surface area (Å²) in [7, 11) is -3.67. The average molecular weight is 652 g/mol. The zero-order valence-electron chi connectivity index (χ0n) is 23.1. The lowest BCUT2D eigenvalue weighted by Crippen LogP contribution is -2.52. The van der Waals surface area contributed by atoms with E-state index in [1.165, 1.54) is 12.1 Å². The van der Waals surface area contributed by atoms with Crippen molar-refractivity contribution in [2.75, 3.05) is 55.2 Å². The van der Waals surface area contributed by atoms with Crippen LogP contribution in [0.1, 0.15) is 29.3 Å². The molecule has 2 aliphatic heterocycles. The molecule has 2 heterocycles. The monoisotopic (exact) mass is 651 g/mol. The molecule has 43 heavy (non-hydrogen) atoms. The maximum absolute atomic E-state index is 15.0. The number of benzene rings is 2. The number of anilines is 2. The smallest absolute Gasteiger partial charge is 0.367 e. The zero-order valence-corrected chi connectivity index (χ0v) is 24.7. The Hall–Kier alpha value is -3.01. The lowest BCUT2D eigenvalue weighted by molar-refractivity contribution is -0.139. The summed E-state index contributed by atoms with van der Waals surface area (Å²) < 4.78 is 92.3. The lowest BCUT2D eigenvalue weighted by atomic mass is 10.1. The molecule has 0 aromatic heterocycles. The van der Waals surface area contributed by atoms with E-state index in [2.05, 4.69) is 16.0 Å². The Balaban J connectivity index is 1.44. The number of alkyl halides is 3. The van der Waals surface area contributed by atoms with Gasteiger partial charge in [-0.05, 0) is 31.2 Å². The third-order valence-electron chi connectivity index (χ3n) is 7.48. The Morgan fingerprint density at radius 2 is 1.86 bits per heavy atom. The van der Waals surface area contributed by atoms with Crippen molar-refractivity contribution in [2.24, 2.45) is 0 Å². The molecule has 2 aliphatic rings. The summed E-state index contributed by atoms with van der Waals surface area (Å²) in [6.07, 6.45) is -5.19. The number of nitrogens with one attached hydrogen (secondary N) is 3. The van der Waals surface area contributed by atoms with Crippen LogP contribution in [0.3, 0.4) is 0 Å². The molecule has 236 valence electrons. The summed E-state index contributed by atoms with van der Waals surface area (Å²) in [6.45, 7) is 2.28. The molecule has 4 rings (SSSR count). The summed E-state index contributed by atoms with van der Waals surface area (Å²) >= 11 is 6.18. The summed E-state index contributed by atoms with van der Waals surface area (Å²) in [4.78, 5) is 29.0. The van der Waals surface area contributed by atoms with E-state index < -0.39 is 63.2 Å². The minimum Gasteiger partial charge on any atom is -0.367 e. The van der Waals surface area contributed by atoms with E-state index in [1.807, 2.05) is 4.90 Å². The van der Waals surface area contributed by atoms with Crippen LogP contribution in [-0.4, -0.2) is 87.6 Å². The molecule has 2 fully saturated rings. The number of rotatable bonds is 8. The fraction of sp³-hybridized carbons (Fsp3) is 0.481. The zero-order chi connectivity index (χ0) is 31.5. The summed E-state index contributed by atoms with van der Waals surface area (Å²) in [6, 6.07) is 6.47. The molecule has 2 saturated heterocycles. The number of hydrogen-bond donors (Lipinski definition) is 3. The number of carbonyl (C=O) groups is 2. The maximum atomic E-state index is 15.0. The van der Waals surface area contributed by atoms with Crippen LogP contribution in [0.2, 0.25) is 5.02 Å². The highest BCUT2D eigenvalue weighted by atomic mass is 35.5. The number of halogens is 6. The van der Waals surface area contributed by atoms with Crippen molar-refractivity contribution in [3.63, 3.8) is 0 Å². The van der Waals surface area contributed by atoms with Crippen LogP contribution < -0.4 is 20.9 Å². The summed E-state index contributed by atoms with van der Waals surface area (Å²) in [5.74, 6) is -4.87. The SMILES string of the molecule is C[C@@H]1CN(c2cc(Cl)ccc2NC(=O)c2ccc(CNC(=O)C3CNCCS3(=O)=O)c(F)c2F)CCN1CCC(F)(F)F. The van der Waals surface area contributed by atoms with Gasteiger partial charge in [-0.25, -0.2) is 17.2 Å². The fourth-order valence-electron chi connectivity index (χ4n) is 5.05. The van der Waals surface area contributed by atoms with Gasteiger partial charge in [0.2, 0.25) is 5.91 Å². The van der Waals surface area contributed by atoms with E-state index in [0.29, 0.717) is 30.3 Å². The summed E-state index contributed by atoms with van der Waals surface area (Å²) in [5, 5.41) is 6.66. The van der Waals surface area contributed by atoms with Gasteiger partial charge in [-0.3, -0.25) is 14.5 Å². The van der Waals surface area contributed by atoms with Gasteiger partial charge in [0.15, 0.2) is 26.7 Å². The first-order valence-corrected chi connectivity index (χ1v) is 15.6. The van der Waals surface area contributed by atoms with Crippen molar-refractivity contribution in [3.8, 4) is 0 Å². The van der Waals surface area contributed by atoms with Crippen LogP contribution in [0.4, 0.5) is 33.3 Å². The topological polar surface area (TPSA) is 111 Å². The van der Waals surface area contributed by atoms with Crippen LogP contribution in [0, 0.1) is 11.6 Å². The maximum Gasteiger partial charge on any atom is 0.390 e. The van der Waals surface area contributed by atoms with Gasteiger partial charge in [-0.1, -0.05) is 17.7 Å². The second kappa shape index (κ2) is 13.3. The molecule has 3 N–H and O–H groups in total. The van der Waals surface area contributed by atoms with E-state index in [-0.39, 0.29) is 42.7 Å². The molecule has 0 spiro atoms. The highest BCUT2D eigenvalue weighted by Gasteiger charge is 2.35. The molecule has 0 saturated carbocycles. The Kier molecular flexibility index (Phi) is 10.2. The Morgan fingerprint density at radius 3 is 2.53 bits per heavy atom. The molecule has 0 radical (unpaired) electrons. The second-order valence-corrected chi connectivity index (χ2v) is 13.2. The van der Waals surface area contributed by atoms with Crippen molar-refractivity contribution in [2.45, 2.75) is 37.4 Å². The standard InChI is InChI=1S/C27H31ClF5N5O4S/c1-16-15-38(10-9-37(16)8-6-27(31,32)33)21-12-18(28)3-5-20(21)36-25(39)19-4-2-17(23(29)24(19)30)13-35-26(40)22-14-34-7-11-43(22,41)42/h2-5,12,16,22,34H,6-11,13-15H2,1H3,(H,35,40)(H,36,39)/t16-,22?/m1/s1.